The molecular weight excluding hydrogens is 247 g/mol. The number of ketones is 1. The van der Waals surface area contributed by atoms with Crippen LogP contribution >= 0.6 is 23.2 Å². The molecule has 16 heavy (non-hydrogen) atoms. The van der Waals surface area contributed by atoms with E-state index in [1.807, 2.05) is 6.92 Å². The Kier molecular flexibility index (Phi) is 5.10. The highest BCUT2D eigenvalue weighted by Crippen LogP contribution is 2.24. The zero-order chi connectivity index (χ0) is 12.1. The molecule has 1 rings (SSSR count). The number of halogens is 2. The van der Waals surface area contributed by atoms with Crippen molar-refractivity contribution in [3.63, 3.8) is 0 Å². The number of alkyl halides is 1. The van der Waals surface area contributed by atoms with Gasteiger partial charge in [0.2, 0.25) is 0 Å². The fourth-order valence-electron chi connectivity index (χ4n) is 1.22. The molecule has 0 aromatic heterocycles. The van der Waals surface area contributed by atoms with E-state index >= 15 is 0 Å². The first-order chi connectivity index (χ1) is 7.56. The van der Waals surface area contributed by atoms with Gasteiger partial charge in [-0.05, 0) is 31.5 Å². The third-order valence-corrected chi connectivity index (χ3v) is 2.55. The third-order valence-electron chi connectivity index (χ3n) is 2.04. The topological polar surface area (TPSA) is 26.3 Å². The quantitative estimate of drug-likeness (QED) is 0.592. The monoisotopic (exact) mass is 260 g/mol. The second-order valence-corrected chi connectivity index (χ2v) is 4.53. The summed E-state index contributed by atoms with van der Waals surface area (Å²) >= 11 is 11.7. The highest BCUT2D eigenvalue weighted by molar-refractivity contribution is 6.38. The van der Waals surface area contributed by atoms with Crippen LogP contribution in [0.25, 0.3) is 0 Å². The van der Waals surface area contributed by atoms with E-state index in [4.69, 9.17) is 27.9 Å². The van der Waals surface area contributed by atoms with Crippen LogP contribution < -0.4 is 4.74 Å². The summed E-state index contributed by atoms with van der Waals surface area (Å²) in [6, 6.07) is 5.02. The van der Waals surface area contributed by atoms with Gasteiger partial charge in [-0.1, -0.05) is 18.5 Å². The van der Waals surface area contributed by atoms with Crippen LogP contribution in [0.1, 0.15) is 30.6 Å². The van der Waals surface area contributed by atoms with Gasteiger partial charge in [0.15, 0.2) is 5.78 Å². The Bertz CT molecular complexity index is 375. The molecule has 0 N–H and O–H groups in total. The van der Waals surface area contributed by atoms with Gasteiger partial charge in [0.25, 0.3) is 0 Å². The van der Waals surface area contributed by atoms with E-state index < -0.39 is 5.38 Å². The van der Waals surface area contributed by atoms with Crippen LogP contribution in [0.2, 0.25) is 5.02 Å². The lowest BCUT2D eigenvalue weighted by atomic mass is 10.1. The molecule has 2 nitrogen and oxygen atoms in total. The van der Waals surface area contributed by atoms with Crippen molar-refractivity contribution in [1.29, 1.82) is 0 Å². The number of hydrogen-bond acceptors (Lipinski definition) is 2. The lowest BCUT2D eigenvalue weighted by Crippen LogP contribution is -2.11. The van der Waals surface area contributed by atoms with Gasteiger partial charge < -0.3 is 4.74 Å². The van der Waals surface area contributed by atoms with E-state index in [0.29, 0.717) is 22.9 Å². The van der Waals surface area contributed by atoms with Gasteiger partial charge in [0, 0.05) is 5.56 Å². The molecule has 1 aromatic rings. The molecule has 0 fully saturated rings. The Hall–Kier alpha value is -0.730. The Morgan fingerprint density at radius 2 is 2.19 bits per heavy atom. The predicted molar refractivity (Wildman–Crippen MR) is 66.9 cm³/mol. The second kappa shape index (κ2) is 6.12. The summed E-state index contributed by atoms with van der Waals surface area (Å²) in [5.74, 6) is 0.499. The summed E-state index contributed by atoms with van der Waals surface area (Å²) in [5.41, 5.74) is 0.438. The maximum atomic E-state index is 11.6. The maximum Gasteiger partial charge on any atom is 0.181 e. The Balaban J connectivity index is 2.87. The largest absolute Gasteiger partial charge is 0.494 e. The van der Waals surface area contributed by atoms with Gasteiger partial charge in [-0.3, -0.25) is 4.79 Å². The zero-order valence-corrected chi connectivity index (χ0v) is 10.8. The number of carbonyl (C=O) groups is 1. The average Bonchev–Trinajstić information content (AvgIpc) is 2.25. The van der Waals surface area contributed by atoms with E-state index in [1.54, 1.807) is 25.1 Å². The summed E-state index contributed by atoms with van der Waals surface area (Å²) < 4.78 is 5.40. The summed E-state index contributed by atoms with van der Waals surface area (Å²) in [6.07, 6.45) is 0.928. The maximum absolute atomic E-state index is 11.6. The van der Waals surface area contributed by atoms with Crippen molar-refractivity contribution >= 4 is 29.0 Å². The van der Waals surface area contributed by atoms with Crippen molar-refractivity contribution in [3.05, 3.63) is 28.8 Å². The van der Waals surface area contributed by atoms with Crippen molar-refractivity contribution in [3.8, 4) is 5.75 Å². The molecule has 88 valence electrons. The van der Waals surface area contributed by atoms with Gasteiger partial charge >= 0.3 is 0 Å². The normalized spacial score (nSPS) is 12.2. The summed E-state index contributed by atoms with van der Waals surface area (Å²) in [7, 11) is 0. The molecule has 1 unspecified atom stereocenters. The second-order valence-electron chi connectivity index (χ2n) is 3.47. The SMILES string of the molecule is CCCOc1ccc(C(=O)C(C)Cl)c(Cl)c1. The van der Waals surface area contributed by atoms with Crippen LogP contribution in [-0.2, 0) is 0 Å². The van der Waals surface area contributed by atoms with Crippen LogP contribution in [0.3, 0.4) is 0 Å². The Labute approximate surface area is 106 Å². The number of rotatable bonds is 5. The van der Waals surface area contributed by atoms with Crippen molar-refractivity contribution in [2.24, 2.45) is 0 Å². The average molecular weight is 261 g/mol. The first-order valence-electron chi connectivity index (χ1n) is 5.17. The molecule has 0 saturated carbocycles. The minimum Gasteiger partial charge on any atom is -0.494 e. The third kappa shape index (κ3) is 3.39. The van der Waals surface area contributed by atoms with E-state index in [0.717, 1.165) is 6.42 Å². The first kappa shape index (κ1) is 13.3. The van der Waals surface area contributed by atoms with Crippen molar-refractivity contribution in [1.82, 2.24) is 0 Å². The van der Waals surface area contributed by atoms with Crippen molar-refractivity contribution in [2.75, 3.05) is 6.61 Å². The number of hydrogen-bond donors (Lipinski definition) is 0. The predicted octanol–water partition coefficient (Wildman–Crippen LogP) is 3.94. The van der Waals surface area contributed by atoms with E-state index in [1.165, 1.54) is 0 Å². The van der Waals surface area contributed by atoms with Crippen LogP contribution in [0.4, 0.5) is 0 Å². The molecule has 0 heterocycles. The van der Waals surface area contributed by atoms with Gasteiger partial charge in [0.05, 0.1) is 17.0 Å². The van der Waals surface area contributed by atoms with E-state index in [2.05, 4.69) is 0 Å². The van der Waals surface area contributed by atoms with Gasteiger partial charge in [-0.15, -0.1) is 11.6 Å². The fourth-order valence-corrected chi connectivity index (χ4v) is 1.60. The minimum atomic E-state index is -0.570. The number of carbonyl (C=O) groups excluding carboxylic acids is 1. The van der Waals surface area contributed by atoms with Crippen LogP contribution in [-0.4, -0.2) is 17.8 Å². The Morgan fingerprint density at radius 1 is 1.50 bits per heavy atom. The molecule has 4 heteroatoms. The fraction of sp³-hybridized carbons (Fsp3) is 0.417. The Morgan fingerprint density at radius 3 is 2.69 bits per heavy atom. The highest BCUT2D eigenvalue weighted by Gasteiger charge is 2.15. The van der Waals surface area contributed by atoms with Gasteiger partial charge in [-0.2, -0.15) is 0 Å². The number of ether oxygens (including phenoxy) is 1. The smallest absolute Gasteiger partial charge is 0.181 e. The van der Waals surface area contributed by atoms with Crippen molar-refractivity contribution < 1.29 is 9.53 Å². The molecule has 0 saturated heterocycles. The lowest BCUT2D eigenvalue weighted by Gasteiger charge is -2.08. The zero-order valence-electron chi connectivity index (χ0n) is 9.30. The first-order valence-corrected chi connectivity index (χ1v) is 5.98. The van der Waals surface area contributed by atoms with Gasteiger partial charge in [-0.25, -0.2) is 0 Å². The molecule has 1 aromatic carbocycles. The lowest BCUT2D eigenvalue weighted by molar-refractivity contribution is 0.0992. The molecule has 0 radical (unpaired) electrons. The summed E-state index contributed by atoms with van der Waals surface area (Å²) in [4.78, 5) is 11.6. The molecule has 0 aliphatic rings. The summed E-state index contributed by atoms with van der Waals surface area (Å²) in [5, 5.41) is -0.189. The van der Waals surface area contributed by atoms with Crippen molar-refractivity contribution in [2.45, 2.75) is 25.6 Å². The van der Waals surface area contributed by atoms with E-state index in [-0.39, 0.29) is 5.78 Å². The molecule has 0 spiro atoms. The minimum absolute atomic E-state index is 0.172. The molecule has 0 amide bonds. The highest BCUT2D eigenvalue weighted by atomic mass is 35.5. The number of Topliss-reactive ketones (excluding diaryl/α,β-unsaturated/α-hetero) is 1. The van der Waals surface area contributed by atoms with Crippen LogP contribution in [0.15, 0.2) is 18.2 Å². The van der Waals surface area contributed by atoms with Crippen LogP contribution in [0.5, 0.6) is 5.75 Å². The molecule has 0 aliphatic carbocycles. The number of benzene rings is 1. The molecular formula is C12H14Cl2O2. The molecule has 0 bridgehead atoms. The van der Waals surface area contributed by atoms with Gasteiger partial charge in [0.1, 0.15) is 5.75 Å². The van der Waals surface area contributed by atoms with Crippen LogP contribution in [0, 0.1) is 0 Å². The molecule has 0 aliphatic heterocycles. The summed E-state index contributed by atoms with van der Waals surface area (Å²) in [6.45, 7) is 4.28. The molecule has 1 atom stereocenters. The standard InChI is InChI=1S/C12H14Cl2O2/c1-3-6-16-9-4-5-10(11(14)7-9)12(15)8(2)13/h4-5,7-8H,3,6H2,1-2H3. The van der Waals surface area contributed by atoms with E-state index in [9.17, 15) is 4.79 Å².